The fourth-order valence-corrected chi connectivity index (χ4v) is 5.39. The third kappa shape index (κ3) is 8.20. The number of benzene rings is 2. The standard InChI is InChI=1S/C33H36F3N3O6/c1-4-44-31(40)18-23(2)10-11-24(3)45-27-14-16-37(17-15-27)22-32(41,33(34,35)36)29-21-38(20-25-8-6-5-7-9-25)30-19-26(39(42)43)12-13-28(29)30/h5-13,19,21,27,41H,2-4,14-18,20,22H2,1H3/b11-10-. The Kier molecular flexibility index (Phi) is 10.5. The zero-order chi connectivity index (χ0) is 32.8. The average Bonchev–Trinajstić information content (AvgIpc) is 3.35. The van der Waals surface area contributed by atoms with Crippen LogP contribution in [0, 0.1) is 10.1 Å². The van der Waals surface area contributed by atoms with E-state index in [2.05, 4.69) is 13.2 Å². The van der Waals surface area contributed by atoms with Crippen molar-refractivity contribution in [3.05, 3.63) is 113 Å². The molecule has 0 spiro atoms. The van der Waals surface area contributed by atoms with Gasteiger partial charge in [-0.15, -0.1) is 0 Å². The maximum atomic E-state index is 14.8. The summed E-state index contributed by atoms with van der Waals surface area (Å²) in [6.07, 6.45) is -0.106. The first kappa shape index (κ1) is 33.5. The number of halogens is 3. The lowest BCUT2D eigenvalue weighted by Crippen LogP contribution is -2.53. The first-order valence-electron chi connectivity index (χ1n) is 14.5. The predicted octanol–water partition coefficient (Wildman–Crippen LogP) is 6.41. The zero-order valence-electron chi connectivity index (χ0n) is 25.0. The Balaban J connectivity index is 1.50. The zero-order valence-corrected chi connectivity index (χ0v) is 25.0. The first-order chi connectivity index (χ1) is 21.3. The number of nitro benzene ring substituents is 1. The van der Waals surface area contributed by atoms with Gasteiger partial charge in [-0.05, 0) is 43.0 Å². The van der Waals surface area contributed by atoms with Gasteiger partial charge in [0.05, 0.1) is 23.5 Å². The molecule has 1 atom stereocenters. The van der Waals surface area contributed by atoms with E-state index in [1.54, 1.807) is 48.2 Å². The van der Waals surface area contributed by atoms with E-state index in [1.807, 2.05) is 6.07 Å². The Morgan fingerprint density at radius 3 is 2.44 bits per heavy atom. The van der Waals surface area contributed by atoms with E-state index < -0.39 is 29.2 Å². The Bertz CT molecular complexity index is 1580. The van der Waals surface area contributed by atoms with Crippen LogP contribution in [0.3, 0.4) is 0 Å². The summed E-state index contributed by atoms with van der Waals surface area (Å²) in [4.78, 5) is 24.0. The number of fused-ring (bicyclic) bond motifs is 1. The summed E-state index contributed by atoms with van der Waals surface area (Å²) in [5.41, 5.74) is -2.37. The SMILES string of the molecule is C=C(/C=C\C(=C)OC1CCN(CC(O)(c2cn(Cc3ccccc3)c3cc([N+](=O)[O-])ccc23)C(F)(F)F)CC1)CC(=O)OCC. The van der Waals surface area contributed by atoms with Crippen molar-refractivity contribution in [2.75, 3.05) is 26.2 Å². The second kappa shape index (κ2) is 14.1. The van der Waals surface area contributed by atoms with Crippen molar-refractivity contribution < 1.29 is 37.5 Å². The van der Waals surface area contributed by atoms with Gasteiger partial charge in [-0.2, -0.15) is 13.2 Å². The quantitative estimate of drug-likeness (QED) is 0.0768. The highest BCUT2D eigenvalue weighted by Crippen LogP contribution is 2.44. The van der Waals surface area contributed by atoms with Crippen LogP contribution in [-0.2, 0) is 26.4 Å². The number of nitrogens with zero attached hydrogens (tertiary/aromatic N) is 3. The maximum absolute atomic E-state index is 14.8. The molecule has 3 aromatic rings. The Hall–Kier alpha value is -4.42. The molecule has 1 fully saturated rings. The van der Waals surface area contributed by atoms with Crippen LogP contribution < -0.4 is 0 Å². The fraction of sp³-hybridized carbons (Fsp3) is 0.364. The van der Waals surface area contributed by atoms with Crippen LogP contribution in [0.1, 0.15) is 37.3 Å². The van der Waals surface area contributed by atoms with Crippen LogP contribution in [0.4, 0.5) is 18.9 Å². The minimum absolute atomic E-state index is 0.0277. The third-order valence-electron chi connectivity index (χ3n) is 7.67. The number of aromatic nitrogens is 1. The largest absolute Gasteiger partial charge is 0.491 e. The minimum atomic E-state index is -5.04. The molecule has 1 unspecified atom stereocenters. The number of ether oxygens (including phenoxy) is 2. The molecule has 0 aliphatic carbocycles. The lowest BCUT2D eigenvalue weighted by molar-refractivity contribution is -0.384. The second-order valence-electron chi connectivity index (χ2n) is 11.0. The molecule has 9 nitrogen and oxygen atoms in total. The van der Waals surface area contributed by atoms with Gasteiger partial charge in [-0.3, -0.25) is 19.8 Å². The minimum Gasteiger partial charge on any atom is -0.491 e. The molecular formula is C33H36F3N3O6. The Morgan fingerprint density at radius 2 is 1.82 bits per heavy atom. The number of allylic oxidation sites excluding steroid dienone is 2. The Labute approximate surface area is 259 Å². The van der Waals surface area contributed by atoms with E-state index >= 15 is 0 Å². The van der Waals surface area contributed by atoms with Gasteiger partial charge in [-0.25, -0.2) is 0 Å². The van der Waals surface area contributed by atoms with Crippen LogP contribution in [-0.4, -0.2) is 64.0 Å². The summed E-state index contributed by atoms with van der Waals surface area (Å²) in [6.45, 7) is 9.52. The number of piperidine rings is 1. The molecule has 2 heterocycles. The van der Waals surface area contributed by atoms with Gasteiger partial charge >= 0.3 is 12.1 Å². The molecule has 45 heavy (non-hydrogen) atoms. The maximum Gasteiger partial charge on any atom is 0.422 e. The number of likely N-dealkylation sites (tertiary alicyclic amines) is 1. The van der Waals surface area contributed by atoms with Gasteiger partial charge in [-0.1, -0.05) is 49.6 Å². The normalized spacial score (nSPS) is 16.0. The van der Waals surface area contributed by atoms with Crippen molar-refractivity contribution in [3.8, 4) is 0 Å². The van der Waals surface area contributed by atoms with E-state index in [4.69, 9.17) is 9.47 Å². The number of β-amino-alcohol motifs (C(OH)–C–C–N with tert-alkyl or cyclic N) is 1. The van der Waals surface area contributed by atoms with E-state index in [-0.39, 0.29) is 60.9 Å². The van der Waals surface area contributed by atoms with Crippen molar-refractivity contribution in [2.45, 2.75) is 50.6 Å². The summed E-state index contributed by atoms with van der Waals surface area (Å²) in [5.74, 6) is -0.0717. The topological polar surface area (TPSA) is 107 Å². The second-order valence-corrected chi connectivity index (χ2v) is 11.0. The molecule has 0 saturated carbocycles. The number of esters is 1. The number of hydrogen-bond donors (Lipinski definition) is 1. The highest BCUT2D eigenvalue weighted by Gasteiger charge is 2.57. The smallest absolute Gasteiger partial charge is 0.422 e. The number of hydrogen-bond acceptors (Lipinski definition) is 7. The van der Waals surface area contributed by atoms with Crippen molar-refractivity contribution in [2.24, 2.45) is 0 Å². The number of nitro groups is 1. The molecule has 1 aromatic heterocycles. The lowest BCUT2D eigenvalue weighted by Gasteiger charge is -2.39. The van der Waals surface area contributed by atoms with E-state index in [0.29, 0.717) is 24.2 Å². The van der Waals surface area contributed by atoms with Gasteiger partial charge in [0.1, 0.15) is 11.9 Å². The molecule has 1 aliphatic rings. The average molecular weight is 628 g/mol. The highest BCUT2D eigenvalue weighted by atomic mass is 19.4. The van der Waals surface area contributed by atoms with E-state index in [9.17, 15) is 33.2 Å². The number of rotatable bonds is 13. The van der Waals surface area contributed by atoms with Crippen molar-refractivity contribution >= 4 is 22.6 Å². The van der Waals surface area contributed by atoms with Gasteiger partial charge in [0.15, 0.2) is 0 Å². The van der Waals surface area contributed by atoms with Crippen LogP contribution in [0.15, 0.2) is 91.4 Å². The molecule has 2 aromatic carbocycles. The summed E-state index contributed by atoms with van der Waals surface area (Å²) < 4.78 is 56.5. The van der Waals surface area contributed by atoms with Crippen LogP contribution in [0.5, 0.6) is 0 Å². The number of carbonyl (C=O) groups excluding carboxylic acids is 1. The van der Waals surface area contributed by atoms with E-state index in [0.717, 1.165) is 11.6 Å². The molecule has 0 amide bonds. The predicted molar refractivity (Wildman–Crippen MR) is 163 cm³/mol. The van der Waals surface area contributed by atoms with Crippen molar-refractivity contribution in [3.63, 3.8) is 0 Å². The lowest BCUT2D eigenvalue weighted by atomic mass is 9.91. The monoisotopic (exact) mass is 627 g/mol. The fourth-order valence-electron chi connectivity index (χ4n) is 5.39. The van der Waals surface area contributed by atoms with Gasteiger partial charge in [0, 0.05) is 55.5 Å². The van der Waals surface area contributed by atoms with Crippen molar-refractivity contribution in [1.82, 2.24) is 9.47 Å². The first-order valence-corrected chi connectivity index (χ1v) is 14.5. The molecule has 1 aliphatic heterocycles. The van der Waals surface area contributed by atoms with Gasteiger partial charge in [0.2, 0.25) is 5.60 Å². The molecular weight excluding hydrogens is 591 g/mol. The summed E-state index contributed by atoms with van der Waals surface area (Å²) in [7, 11) is 0. The number of non-ortho nitro benzene ring substituents is 1. The number of alkyl halides is 3. The molecule has 0 radical (unpaired) electrons. The van der Waals surface area contributed by atoms with Crippen molar-refractivity contribution in [1.29, 1.82) is 0 Å². The van der Waals surface area contributed by atoms with Gasteiger partial charge < -0.3 is 19.1 Å². The molecule has 0 bridgehead atoms. The number of aliphatic hydroxyl groups is 1. The van der Waals surface area contributed by atoms with Gasteiger partial charge in [0.25, 0.3) is 5.69 Å². The van der Waals surface area contributed by atoms with Crippen LogP contribution in [0.2, 0.25) is 0 Å². The molecule has 4 rings (SSSR count). The van der Waals surface area contributed by atoms with Crippen LogP contribution >= 0.6 is 0 Å². The summed E-state index contributed by atoms with van der Waals surface area (Å²) >= 11 is 0. The third-order valence-corrected chi connectivity index (χ3v) is 7.67. The Morgan fingerprint density at radius 1 is 1.13 bits per heavy atom. The highest BCUT2D eigenvalue weighted by molar-refractivity contribution is 5.87. The molecule has 12 heteroatoms. The molecule has 1 saturated heterocycles. The molecule has 240 valence electrons. The number of carbonyl (C=O) groups is 1. The van der Waals surface area contributed by atoms with Crippen LogP contribution in [0.25, 0.3) is 10.9 Å². The summed E-state index contributed by atoms with van der Waals surface area (Å²) in [5, 5.41) is 23.0. The van der Waals surface area contributed by atoms with E-state index in [1.165, 1.54) is 22.9 Å². The molecule has 1 N–H and O–H groups in total. The summed E-state index contributed by atoms with van der Waals surface area (Å²) in [6, 6.07) is 12.6.